The van der Waals surface area contributed by atoms with Crippen molar-refractivity contribution < 1.29 is 9.53 Å². The molecule has 0 bridgehead atoms. The number of imidazole rings is 1. The fourth-order valence-corrected chi connectivity index (χ4v) is 2.87. The van der Waals surface area contributed by atoms with E-state index >= 15 is 0 Å². The topological polar surface area (TPSA) is 56.2 Å². The summed E-state index contributed by atoms with van der Waals surface area (Å²) in [5.41, 5.74) is 1.24. The molecule has 0 unspecified atom stereocenters. The Kier molecular flexibility index (Phi) is 4.06. The Morgan fingerprint density at radius 1 is 1.41 bits per heavy atom. The zero-order valence-electron chi connectivity index (χ0n) is 12.6. The SMILES string of the molecule is Cn1c(-c2ccc(Br)cc2)cnc1NC(=O)[C@]1(C)CCCO1. The first-order valence-electron chi connectivity index (χ1n) is 7.23. The summed E-state index contributed by atoms with van der Waals surface area (Å²) in [4.78, 5) is 16.7. The molecular weight excluding hydrogens is 346 g/mol. The van der Waals surface area contributed by atoms with Gasteiger partial charge in [-0.25, -0.2) is 4.98 Å². The molecule has 1 aliphatic rings. The minimum atomic E-state index is -0.746. The van der Waals surface area contributed by atoms with E-state index in [1.165, 1.54) is 0 Å². The number of rotatable bonds is 3. The van der Waals surface area contributed by atoms with Crippen LogP contribution in [0.1, 0.15) is 19.8 Å². The van der Waals surface area contributed by atoms with Crippen LogP contribution >= 0.6 is 15.9 Å². The monoisotopic (exact) mass is 363 g/mol. The number of carbonyl (C=O) groups is 1. The third kappa shape index (κ3) is 2.80. The first kappa shape index (κ1) is 15.2. The van der Waals surface area contributed by atoms with Crippen molar-refractivity contribution in [2.75, 3.05) is 11.9 Å². The van der Waals surface area contributed by atoms with Crippen LogP contribution in [-0.4, -0.2) is 27.7 Å². The maximum absolute atomic E-state index is 12.4. The molecule has 2 heterocycles. The van der Waals surface area contributed by atoms with Gasteiger partial charge in [0.2, 0.25) is 5.95 Å². The lowest BCUT2D eigenvalue weighted by Gasteiger charge is -2.21. The summed E-state index contributed by atoms with van der Waals surface area (Å²) < 4.78 is 8.47. The van der Waals surface area contributed by atoms with Crippen molar-refractivity contribution in [2.45, 2.75) is 25.4 Å². The molecule has 1 aromatic carbocycles. The standard InChI is InChI=1S/C16H18BrN3O2/c1-16(8-3-9-22-16)14(21)19-15-18-10-13(20(15)2)11-4-6-12(17)7-5-11/h4-7,10H,3,8-9H2,1-2H3,(H,18,19,21)/t16-/m0/s1. The van der Waals surface area contributed by atoms with Crippen molar-refractivity contribution in [3.05, 3.63) is 34.9 Å². The van der Waals surface area contributed by atoms with Crippen LogP contribution in [0.4, 0.5) is 5.95 Å². The fourth-order valence-electron chi connectivity index (χ4n) is 2.61. The van der Waals surface area contributed by atoms with Crippen molar-refractivity contribution in [3.63, 3.8) is 0 Å². The minimum absolute atomic E-state index is 0.138. The van der Waals surface area contributed by atoms with E-state index in [1.807, 2.05) is 42.8 Å². The molecule has 5 nitrogen and oxygen atoms in total. The van der Waals surface area contributed by atoms with Crippen LogP contribution in [-0.2, 0) is 16.6 Å². The summed E-state index contributed by atoms with van der Waals surface area (Å²) >= 11 is 3.42. The predicted octanol–water partition coefficient (Wildman–Crippen LogP) is 3.36. The second-order valence-corrected chi connectivity index (χ2v) is 6.59. The number of nitrogens with one attached hydrogen (secondary N) is 1. The van der Waals surface area contributed by atoms with E-state index in [9.17, 15) is 4.79 Å². The van der Waals surface area contributed by atoms with E-state index in [0.29, 0.717) is 12.6 Å². The van der Waals surface area contributed by atoms with Crippen LogP contribution in [0.2, 0.25) is 0 Å². The van der Waals surface area contributed by atoms with Gasteiger partial charge >= 0.3 is 0 Å². The van der Waals surface area contributed by atoms with Gasteiger partial charge in [0.25, 0.3) is 5.91 Å². The Hall–Kier alpha value is -1.66. The molecule has 0 radical (unpaired) electrons. The summed E-state index contributed by atoms with van der Waals surface area (Å²) in [6.45, 7) is 2.46. The highest BCUT2D eigenvalue weighted by Crippen LogP contribution is 2.28. The van der Waals surface area contributed by atoms with Crippen molar-refractivity contribution in [1.82, 2.24) is 9.55 Å². The molecule has 0 aliphatic carbocycles. The second-order valence-electron chi connectivity index (χ2n) is 5.67. The van der Waals surface area contributed by atoms with Gasteiger partial charge in [0.05, 0.1) is 11.9 Å². The highest BCUT2D eigenvalue weighted by Gasteiger charge is 2.38. The fraction of sp³-hybridized carbons (Fsp3) is 0.375. The van der Waals surface area contributed by atoms with Gasteiger partial charge < -0.3 is 9.30 Å². The summed E-state index contributed by atoms with van der Waals surface area (Å²) in [7, 11) is 1.89. The summed E-state index contributed by atoms with van der Waals surface area (Å²) in [5.74, 6) is 0.390. The molecule has 1 saturated heterocycles. The number of aromatic nitrogens is 2. The average Bonchev–Trinajstić information content (AvgIpc) is 3.09. The van der Waals surface area contributed by atoms with Crippen LogP contribution in [0.3, 0.4) is 0 Å². The van der Waals surface area contributed by atoms with E-state index in [-0.39, 0.29) is 5.91 Å². The van der Waals surface area contributed by atoms with E-state index in [1.54, 1.807) is 6.20 Å². The van der Waals surface area contributed by atoms with Gasteiger partial charge in [0, 0.05) is 18.1 Å². The van der Waals surface area contributed by atoms with Crippen molar-refractivity contribution in [2.24, 2.45) is 7.05 Å². The molecule has 1 atom stereocenters. The maximum atomic E-state index is 12.4. The number of hydrogen-bond donors (Lipinski definition) is 1. The molecule has 1 amide bonds. The average molecular weight is 364 g/mol. The molecule has 0 saturated carbocycles. The summed E-state index contributed by atoms with van der Waals surface area (Å²) in [5, 5.41) is 2.87. The normalized spacial score (nSPS) is 21.0. The smallest absolute Gasteiger partial charge is 0.258 e. The van der Waals surface area contributed by atoms with Gasteiger partial charge in [-0.3, -0.25) is 10.1 Å². The molecule has 1 N–H and O–H groups in total. The van der Waals surface area contributed by atoms with Crippen LogP contribution in [0.25, 0.3) is 11.3 Å². The van der Waals surface area contributed by atoms with E-state index in [0.717, 1.165) is 28.6 Å². The number of ether oxygens (including phenoxy) is 1. The van der Waals surface area contributed by atoms with Crippen molar-refractivity contribution >= 4 is 27.8 Å². The number of carbonyl (C=O) groups excluding carboxylic acids is 1. The lowest BCUT2D eigenvalue weighted by molar-refractivity contribution is -0.133. The van der Waals surface area contributed by atoms with E-state index in [4.69, 9.17) is 4.74 Å². The van der Waals surface area contributed by atoms with Gasteiger partial charge in [-0.1, -0.05) is 28.1 Å². The van der Waals surface area contributed by atoms with Crippen molar-refractivity contribution in [3.8, 4) is 11.3 Å². The summed E-state index contributed by atoms with van der Waals surface area (Å²) in [6.07, 6.45) is 3.41. The second kappa shape index (κ2) is 5.85. The van der Waals surface area contributed by atoms with Gasteiger partial charge in [0.15, 0.2) is 0 Å². The third-order valence-corrected chi connectivity index (χ3v) is 4.58. The van der Waals surface area contributed by atoms with Gasteiger partial charge in [-0.15, -0.1) is 0 Å². The Morgan fingerprint density at radius 2 is 2.14 bits per heavy atom. The zero-order valence-corrected chi connectivity index (χ0v) is 14.2. The van der Waals surface area contributed by atoms with Crippen molar-refractivity contribution in [1.29, 1.82) is 0 Å². The lowest BCUT2D eigenvalue weighted by Crippen LogP contribution is -2.39. The number of benzene rings is 1. The first-order valence-corrected chi connectivity index (χ1v) is 8.02. The number of hydrogen-bond acceptors (Lipinski definition) is 3. The van der Waals surface area contributed by atoms with Crippen LogP contribution in [0, 0.1) is 0 Å². The maximum Gasteiger partial charge on any atom is 0.258 e. The predicted molar refractivity (Wildman–Crippen MR) is 88.6 cm³/mol. The lowest BCUT2D eigenvalue weighted by atomic mass is 10.0. The molecule has 1 aliphatic heterocycles. The Bertz CT molecular complexity index is 688. The molecule has 1 aromatic heterocycles. The number of nitrogens with zero attached hydrogens (tertiary/aromatic N) is 2. The number of anilines is 1. The molecular formula is C16H18BrN3O2. The Morgan fingerprint density at radius 3 is 2.77 bits per heavy atom. The zero-order chi connectivity index (χ0) is 15.7. The Balaban J connectivity index is 1.81. The van der Waals surface area contributed by atoms with Gasteiger partial charge in [-0.2, -0.15) is 0 Å². The summed E-state index contributed by atoms with van der Waals surface area (Å²) in [6, 6.07) is 7.98. The highest BCUT2D eigenvalue weighted by atomic mass is 79.9. The van der Waals surface area contributed by atoms with E-state index in [2.05, 4.69) is 26.2 Å². The van der Waals surface area contributed by atoms with Crippen LogP contribution in [0.5, 0.6) is 0 Å². The molecule has 22 heavy (non-hydrogen) atoms. The van der Waals surface area contributed by atoms with Crippen LogP contribution < -0.4 is 5.32 Å². The first-order chi connectivity index (χ1) is 10.5. The van der Waals surface area contributed by atoms with Gasteiger partial charge in [-0.05, 0) is 37.5 Å². The molecule has 116 valence electrons. The molecule has 2 aromatic rings. The minimum Gasteiger partial charge on any atom is -0.365 e. The quantitative estimate of drug-likeness (QED) is 0.909. The molecule has 0 spiro atoms. The Labute approximate surface area is 137 Å². The number of halogens is 1. The molecule has 3 rings (SSSR count). The molecule has 6 heteroatoms. The number of amides is 1. The molecule has 1 fully saturated rings. The van der Waals surface area contributed by atoms with E-state index < -0.39 is 5.60 Å². The largest absolute Gasteiger partial charge is 0.365 e. The highest BCUT2D eigenvalue weighted by molar-refractivity contribution is 9.10. The van der Waals surface area contributed by atoms with Crippen LogP contribution in [0.15, 0.2) is 34.9 Å². The third-order valence-electron chi connectivity index (χ3n) is 4.05. The van der Waals surface area contributed by atoms with Gasteiger partial charge in [0.1, 0.15) is 5.60 Å².